The molecule has 3 rings (SSSR count). The number of amides is 2. The summed E-state index contributed by atoms with van der Waals surface area (Å²) < 4.78 is 16.5. The summed E-state index contributed by atoms with van der Waals surface area (Å²) in [4.78, 5) is 30.1. The zero-order chi connectivity index (χ0) is 20.1. The molecule has 0 spiro atoms. The number of hydrogen-bond acceptors (Lipinski definition) is 6. The number of hydrogen-bond donors (Lipinski definition) is 1. The second kappa shape index (κ2) is 8.33. The first-order valence-corrected chi connectivity index (χ1v) is 9.20. The minimum absolute atomic E-state index is 0.123. The number of benzene rings is 1. The molecule has 0 radical (unpaired) electrons. The van der Waals surface area contributed by atoms with E-state index >= 15 is 0 Å². The molecule has 2 aromatic rings. The molecule has 0 saturated heterocycles. The van der Waals surface area contributed by atoms with Gasteiger partial charge in [-0.15, -0.1) is 0 Å². The van der Waals surface area contributed by atoms with Crippen molar-refractivity contribution in [2.45, 2.75) is 45.9 Å². The quantitative estimate of drug-likeness (QED) is 0.848. The Bertz CT molecular complexity index is 826. The van der Waals surface area contributed by atoms with Gasteiger partial charge in [0, 0.05) is 13.0 Å². The first-order chi connectivity index (χ1) is 13.3. The van der Waals surface area contributed by atoms with Crippen LogP contribution in [0.4, 0.5) is 4.79 Å². The summed E-state index contributed by atoms with van der Waals surface area (Å²) in [5.41, 5.74) is 0.237. The van der Waals surface area contributed by atoms with Crippen molar-refractivity contribution in [2.24, 2.45) is 0 Å². The van der Waals surface area contributed by atoms with Crippen LogP contribution >= 0.6 is 0 Å². The molecule has 28 heavy (non-hydrogen) atoms. The molecular formula is C20H25N3O5. The Labute approximate surface area is 163 Å². The number of fused-ring (bicyclic) bond motifs is 1. The standard InChI is InChI=1S/C20H25N3O5/c1-20(2,3)28-19(25)21-11-18(24)23-10-9-15-16(12-23)27-17(22-15)13-26-14-7-5-4-6-8-14/h4-8H,9-13H2,1-3H3,(H,21,25). The molecule has 1 aliphatic rings. The number of nitrogens with one attached hydrogen (secondary N) is 1. The van der Waals surface area contributed by atoms with Gasteiger partial charge < -0.3 is 24.1 Å². The number of carbonyl (C=O) groups excluding carboxylic acids is 2. The van der Waals surface area contributed by atoms with Crippen molar-refractivity contribution in [2.75, 3.05) is 13.1 Å². The van der Waals surface area contributed by atoms with Crippen LogP contribution in [0, 0.1) is 0 Å². The van der Waals surface area contributed by atoms with Crippen LogP contribution in [0.25, 0.3) is 0 Å². The highest BCUT2D eigenvalue weighted by molar-refractivity contribution is 5.82. The van der Waals surface area contributed by atoms with Gasteiger partial charge in [-0.3, -0.25) is 4.79 Å². The van der Waals surface area contributed by atoms with E-state index in [9.17, 15) is 9.59 Å². The van der Waals surface area contributed by atoms with E-state index in [1.807, 2.05) is 30.3 Å². The Kier molecular flexibility index (Phi) is 5.87. The first-order valence-electron chi connectivity index (χ1n) is 9.20. The molecule has 0 saturated carbocycles. The van der Waals surface area contributed by atoms with Gasteiger partial charge >= 0.3 is 6.09 Å². The van der Waals surface area contributed by atoms with E-state index in [0.717, 1.165) is 11.4 Å². The third kappa shape index (κ3) is 5.48. The predicted octanol–water partition coefficient (Wildman–Crippen LogP) is 2.66. The lowest BCUT2D eigenvalue weighted by molar-refractivity contribution is -0.131. The minimum Gasteiger partial charge on any atom is -0.484 e. The summed E-state index contributed by atoms with van der Waals surface area (Å²) in [7, 11) is 0. The number of para-hydroxylation sites is 1. The van der Waals surface area contributed by atoms with Gasteiger partial charge in [-0.2, -0.15) is 0 Å². The summed E-state index contributed by atoms with van der Waals surface area (Å²) in [5, 5.41) is 2.49. The lowest BCUT2D eigenvalue weighted by atomic mass is 10.1. The Morgan fingerprint density at radius 3 is 2.71 bits per heavy atom. The molecule has 1 aliphatic heterocycles. The summed E-state index contributed by atoms with van der Waals surface area (Å²) >= 11 is 0. The van der Waals surface area contributed by atoms with Crippen LogP contribution in [0.5, 0.6) is 5.75 Å². The Hall–Kier alpha value is -3.03. The Balaban J connectivity index is 1.50. The number of oxazole rings is 1. The molecule has 0 atom stereocenters. The maximum atomic E-state index is 12.4. The third-order valence-electron chi connectivity index (χ3n) is 4.02. The van der Waals surface area contributed by atoms with Crippen LogP contribution in [0.1, 0.15) is 38.1 Å². The molecule has 1 N–H and O–H groups in total. The van der Waals surface area contributed by atoms with Crippen molar-refractivity contribution in [1.82, 2.24) is 15.2 Å². The maximum Gasteiger partial charge on any atom is 0.408 e. The second-order valence-electron chi connectivity index (χ2n) is 7.50. The van der Waals surface area contributed by atoms with Crippen molar-refractivity contribution in [1.29, 1.82) is 0 Å². The highest BCUT2D eigenvalue weighted by Crippen LogP contribution is 2.21. The second-order valence-corrected chi connectivity index (χ2v) is 7.50. The zero-order valence-corrected chi connectivity index (χ0v) is 16.4. The van der Waals surface area contributed by atoms with E-state index in [1.165, 1.54) is 0 Å². The topological polar surface area (TPSA) is 93.9 Å². The molecule has 2 amide bonds. The summed E-state index contributed by atoms with van der Waals surface area (Å²) in [6.07, 6.45) is -0.0129. The lowest BCUT2D eigenvalue weighted by Crippen LogP contribution is -2.43. The van der Waals surface area contributed by atoms with Gasteiger partial charge in [0.25, 0.3) is 0 Å². The predicted molar refractivity (Wildman–Crippen MR) is 101 cm³/mol. The number of rotatable bonds is 5. The van der Waals surface area contributed by atoms with Gasteiger partial charge in [-0.05, 0) is 32.9 Å². The number of carbonyl (C=O) groups is 2. The van der Waals surface area contributed by atoms with Crippen molar-refractivity contribution in [3.8, 4) is 5.75 Å². The molecule has 0 aliphatic carbocycles. The highest BCUT2D eigenvalue weighted by Gasteiger charge is 2.26. The number of nitrogens with zero attached hydrogens (tertiary/aromatic N) is 2. The fraction of sp³-hybridized carbons (Fsp3) is 0.450. The zero-order valence-electron chi connectivity index (χ0n) is 16.4. The molecule has 0 fully saturated rings. The molecule has 0 bridgehead atoms. The molecule has 0 unspecified atom stereocenters. The maximum absolute atomic E-state index is 12.4. The van der Waals surface area contributed by atoms with E-state index < -0.39 is 11.7 Å². The molecular weight excluding hydrogens is 362 g/mol. The smallest absolute Gasteiger partial charge is 0.408 e. The van der Waals surface area contributed by atoms with E-state index in [4.69, 9.17) is 13.9 Å². The van der Waals surface area contributed by atoms with E-state index in [0.29, 0.717) is 31.2 Å². The average molecular weight is 387 g/mol. The van der Waals surface area contributed by atoms with Crippen molar-refractivity contribution < 1.29 is 23.5 Å². The lowest BCUT2D eigenvalue weighted by Gasteiger charge is -2.26. The van der Waals surface area contributed by atoms with Crippen molar-refractivity contribution in [3.05, 3.63) is 47.7 Å². The summed E-state index contributed by atoms with van der Waals surface area (Å²) in [5.74, 6) is 1.68. The number of alkyl carbamates (subject to hydrolysis) is 1. The van der Waals surface area contributed by atoms with Crippen LogP contribution in [-0.2, 0) is 29.1 Å². The Morgan fingerprint density at radius 2 is 2.00 bits per heavy atom. The fourth-order valence-corrected chi connectivity index (χ4v) is 2.76. The number of ether oxygens (including phenoxy) is 2. The molecule has 150 valence electrons. The van der Waals surface area contributed by atoms with Crippen LogP contribution < -0.4 is 10.1 Å². The van der Waals surface area contributed by atoms with Crippen LogP contribution in [-0.4, -0.2) is 40.6 Å². The van der Waals surface area contributed by atoms with Crippen molar-refractivity contribution in [3.63, 3.8) is 0 Å². The van der Waals surface area contributed by atoms with E-state index in [2.05, 4.69) is 10.3 Å². The van der Waals surface area contributed by atoms with Gasteiger partial charge in [-0.25, -0.2) is 9.78 Å². The highest BCUT2D eigenvalue weighted by atomic mass is 16.6. The van der Waals surface area contributed by atoms with Gasteiger partial charge in [-0.1, -0.05) is 18.2 Å². The van der Waals surface area contributed by atoms with Gasteiger partial charge in [0.2, 0.25) is 11.8 Å². The third-order valence-corrected chi connectivity index (χ3v) is 4.02. The van der Waals surface area contributed by atoms with Crippen molar-refractivity contribution >= 4 is 12.0 Å². The van der Waals surface area contributed by atoms with Crippen LogP contribution in [0.15, 0.2) is 34.7 Å². The number of aromatic nitrogens is 1. The summed E-state index contributed by atoms with van der Waals surface area (Å²) in [6, 6.07) is 9.43. The molecule has 8 heteroatoms. The molecule has 8 nitrogen and oxygen atoms in total. The van der Waals surface area contributed by atoms with Gasteiger partial charge in [0.1, 0.15) is 23.7 Å². The SMILES string of the molecule is CC(C)(C)OC(=O)NCC(=O)N1CCc2nc(COc3ccccc3)oc2C1. The van der Waals surface area contributed by atoms with Gasteiger partial charge in [0.15, 0.2) is 6.61 Å². The largest absolute Gasteiger partial charge is 0.484 e. The molecule has 2 heterocycles. The first kappa shape index (κ1) is 19.7. The van der Waals surface area contributed by atoms with Gasteiger partial charge in [0.05, 0.1) is 12.2 Å². The van der Waals surface area contributed by atoms with E-state index in [1.54, 1.807) is 25.7 Å². The van der Waals surface area contributed by atoms with Crippen LogP contribution in [0.3, 0.4) is 0 Å². The molecule has 1 aromatic heterocycles. The average Bonchev–Trinajstić information content (AvgIpc) is 3.06. The summed E-state index contributed by atoms with van der Waals surface area (Å²) in [6.45, 7) is 6.25. The monoisotopic (exact) mass is 387 g/mol. The molecule has 1 aromatic carbocycles. The Morgan fingerprint density at radius 1 is 1.25 bits per heavy atom. The minimum atomic E-state index is -0.612. The normalized spacial score (nSPS) is 13.6. The van der Waals surface area contributed by atoms with E-state index in [-0.39, 0.29) is 19.1 Å². The van der Waals surface area contributed by atoms with Crippen LogP contribution in [0.2, 0.25) is 0 Å². The fourth-order valence-electron chi connectivity index (χ4n) is 2.76.